The Kier molecular flexibility index (Phi) is 10.5. The highest BCUT2D eigenvalue weighted by Crippen LogP contribution is 2.23. The van der Waals surface area contributed by atoms with Crippen molar-refractivity contribution in [2.75, 3.05) is 27.7 Å². The first kappa shape index (κ1) is 21.3. The van der Waals surface area contributed by atoms with Crippen LogP contribution in [-0.4, -0.2) is 44.3 Å². The Bertz CT molecular complexity index is 365. The van der Waals surface area contributed by atoms with E-state index in [4.69, 9.17) is 0 Å². The van der Waals surface area contributed by atoms with E-state index in [1.54, 1.807) is 0 Å². The number of amides is 1. The number of carbonyl (C=O) groups is 1. The molecule has 0 spiro atoms. The molecule has 1 atom stereocenters. The van der Waals surface area contributed by atoms with Gasteiger partial charge in [0.25, 0.3) is 0 Å². The van der Waals surface area contributed by atoms with Crippen molar-refractivity contribution in [1.82, 2.24) is 5.32 Å². The maximum atomic E-state index is 11.0. The number of hydrogen-bond acceptors (Lipinski definition) is 5. The van der Waals surface area contributed by atoms with E-state index >= 15 is 0 Å². The highest BCUT2D eigenvalue weighted by atomic mass is 31.2. The molecule has 20 heavy (non-hydrogen) atoms. The lowest BCUT2D eigenvalue weighted by atomic mass is 10.3. The zero-order chi connectivity index (χ0) is 16.4. The van der Waals surface area contributed by atoms with Gasteiger partial charge in [-0.15, -0.1) is 6.58 Å². The Morgan fingerprint density at radius 3 is 2.15 bits per heavy atom. The highest BCUT2D eigenvalue weighted by Gasteiger charge is 2.22. The number of quaternary nitrogens is 1. The number of hydrogen-bond donors (Lipinski definition) is 1. The summed E-state index contributed by atoms with van der Waals surface area (Å²) in [6.07, 6.45) is 3.57. The van der Waals surface area contributed by atoms with Gasteiger partial charge in [-0.25, -0.2) is 0 Å². The quantitative estimate of drug-likeness (QED) is 0.232. The van der Waals surface area contributed by atoms with Crippen LogP contribution in [0.15, 0.2) is 25.3 Å². The molecule has 0 aromatic heterocycles. The van der Waals surface area contributed by atoms with Gasteiger partial charge in [0.15, 0.2) is 6.17 Å². The molecule has 0 aromatic rings. The van der Waals surface area contributed by atoms with E-state index in [0.717, 1.165) is 10.9 Å². The van der Waals surface area contributed by atoms with Crippen molar-refractivity contribution in [2.45, 2.75) is 19.5 Å². The third-order valence-electron chi connectivity index (χ3n) is 2.17. The number of nitrogens with one attached hydrogen (secondary N) is 1. The first-order valence-electron chi connectivity index (χ1n) is 5.99. The monoisotopic (exact) mass is 308 g/mol. The molecule has 0 aromatic carbocycles. The molecule has 7 nitrogen and oxygen atoms in total. The number of phosphoric ester groups is 1. The van der Waals surface area contributed by atoms with Gasteiger partial charge in [-0.3, -0.25) is 4.79 Å². The molecule has 0 bridgehead atoms. The van der Waals surface area contributed by atoms with E-state index in [-0.39, 0.29) is 20.1 Å². The summed E-state index contributed by atoms with van der Waals surface area (Å²) in [5, 5.41) is 2.87. The third-order valence-corrected chi connectivity index (χ3v) is 2.63. The van der Waals surface area contributed by atoms with Gasteiger partial charge in [-0.05, 0) is 6.08 Å². The van der Waals surface area contributed by atoms with Crippen molar-refractivity contribution in [1.29, 1.82) is 0 Å². The van der Waals surface area contributed by atoms with Crippen LogP contribution in [0.5, 0.6) is 0 Å². The Morgan fingerprint density at radius 1 is 1.45 bits per heavy atom. The molecule has 1 amide bonds. The van der Waals surface area contributed by atoms with Crippen LogP contribution >= 0.6 is 7.82 Å². The molecule has 1 N–H and O–H groups in total. The largest absolute Gasteiger partial charge is 1.00 e. The summed E-state index contributed by atoms with van der Waals surface area (Å²) < 4.78 is 14.0. The molecule has 0 heterocycles. The van der Waals surface area contributed by atoms with Crippen LogP contribution in [0, 0.1) is 0 Å². The zero-order valence-electron chi connectivity index (χ0n) is 13.5. The maximum Gasteiger partial charge on any atom is 1.00 e. The van der Waals surface area contributed by atoms with Gasteiger partial charge in [0.1, 0.15) is 0 Å². The molecule has 118 valence electrons. The minimum atomic E-state index is -4.75. The van der Waals surface area contributed by atoms with Crippen LogP contribution in [-0.2, 0) is 13.9 Å². The summed E-state index contributed by atoms with van der Waals surface area (Å²) >= 11 is 0. The average Bonchev–Trinajstić information content (AvgIpc) is 2.31. The summed E-state index contributed by atoms with van der Waals surface area (Å²) in [5.74, 6) is -0.102. The Morgan fingerprint density at radius 2 is 1.95 bits per heavy atom. The van der Waals surface area contributed by atoms with Gasteiger partial charge >= 0.3 is 1.43 Å². The fourth-order valence-corrected chi connectivity index (χ4v) is 1.50. The molecular weight excluding hydrogens is 283 g/mol. The fourth-order valence-electron chi connectivity index (χ4n) is 1.21. The van der Waals surface area contributed by atoms with Crippen molar-refractivity contribution in [3.8, 4) is 0 Å². The normalized spacial score (nSPS) is 12.7. The smallest absolute Gasteiger partial charge is 0.790 e. The van der Waals surface area contributed by atoms with E-state index in [1.165, 1.54) is 12.2 Å². The third kappa shape index (κ3) is 13.5. The van der Waals surface area contributed by atoms with Gasteiger partial charge in [0.05, 0.1) is 35.6 Å². The summed E-state index contributed by atoms with van der Waals surface area (Å²) in [4.78, 5) is 30.2. The lowest BCUT2D eigenvalue weighted by molar-refractivity contribution is -0.898. The van der Waals surface area contributed by atoms with E-state index < -0.39 is 7.82 Å². The average molecular weight is 308 g/mol. The lowest BCUT2D eigenvalue weighted by Gasteiger charge is -2.33. The standard InChI is InChI=1S/C9H18N2O.C3H7O4P/c1-6-8(11(3,4)5)10-9(12)7-2;1-2-3-7-8(4,5)6/h7-8H,2,6H2,1,3-5H3;2H,1,3H2,(H2,4,5,6). The topological polar surface area (TPSA) is 102 Å². The Labute approximate surface area is 122 Å². The molecule has 0 rings (SSSR count). The minimum absolute atomic E-state index is 0. The van der Waals surface area contributed by atoms with Crippen molar-refractivity contribution in [2.24, 2.45) is 0 Å². The Hall–Kier alpha value is -0.980. The summed E-state index contributed by atoms with van der Waals surface area (Å²) in [6.45, 7) is 8.36. The van der Waals surface area contributed by atoms with E-state index in [0.29, 0.717) is 0 Å². The molecule has 0 radical (unpaired) electrons. The van der Waals surface area contributed by atoms with Gasteiger partial charge in [0, 0.05) is 6.42 Å². The molecule has 0 aliphatic carbocycles. The molecule has 8 heteroatoms. The van der Waals surface area contributed by atoms with Gasteiger partial charge < -0.3 is 28.7 Å². The molecule has 0 fully saturated rings. The van der Waals surface area contributed by atoms with Crippen molar-refractivity contribution >= 4 is 13.7 Å². The van der Waals surface area contributed by atoms with E-state index in [2.05, 4.69) is 51.1 Å². The second-order valence-corrected chi connectivity index (χ2v) is 5.94. The fraction of sp³-hybridized carbons (Fsp3) is 0.583. The number of nitrogens with zero attached hydrogens (tertiary/aromatic N) is 1. The maximum absolute atomic E-state index is 11.0. The predicted molar refractivity (Wildman–Crippen MR) is 75.3 cm³/mol. The van der Waals surface area contributed by atoms with Crippen molar-refractivity contribution in [3.63, 3.8) is 0 Å². The molecule has 0 saturated heterocycles. The van der Waals surface area contributed by atoms with Crippen LogP contribution in [0.25, 0.3) is 0 Å². The predicted octanol–water partition coefficient (Wildman–Crippen LogP) is -0.139. The van der Waals surface area contributed by atoms with Gasteiger partial charge in [-0.2, -0.15) is 0 Å². The summed E-state index contributed by atoms with van der Waals surface area (Å²) in [7, 11) is 1.41. The first-order chi connectivity index (χ1) is 8.97. The first-order valence-corrected chi connectivity index (χ1v) is 7.45. The number of phosphoric acid groups is 1. The van der Waals surface area contributed by atoms with Gasteiger partial charge in [0.2, 0.25) is 5.91 Å². The second kappa shape index (κ2) is 9.85. The van der Waals surface area contributed by atoms with Crippen LogP contribution in [0.1, 0.15) is 14.8 Å². The lowest BCUT2D eigenvalue weighted by Crippen LogP contribution is -2.54. The molecule has 0 aliphatic heterocycles. The molecular formula is C12H25N2O5P. The van der Waals surface area contributed by atoms with Crippen molar-refractivity contribution in [3.05, 3.63) is 25.3 Å². The minimum Gasteiger partial charge on any atom is -0.790 e. The number of rotatable bonds is 7. The Balaban J connectivity index is -0.000000317. The molecule has 1 unspecified atom stereocenters. The SMILES string of the molecule is C=CC(=O)NC(CC)[N+](C)(C)C.C=CCOP(=O)([O-])[O-].[H+]. The zero-order valence-corrected chi connectivity index (χ0v) is 13.4. The van der Waals surface area contributed by atoms with E-state index in [1.807, 2.05) is 0 Å². The van der Waals surface area contributed by atoms with Crippen LogP contribution in [0.3, 0.4) is 0 Å². The summed E-state index contributed by atoms with van der Waals surface area (Å²) in [6, 6.07) is 0. The second-order valence-electron chi connectivity index (χ2n) is 4.78. The summed E-state index contributed by atoms with van der Waals surface area (Å²) in [5.41, 5.74) is 0. The van der Waals surface area contributed by atoms with Crippen LogP contribution in [0.2, 0.25) is 0 Å². The van der Waals surface area contributed by atoms with Crippen molar-refractivity contribution < 1.29 is 29.6 Å². The highest BCUT2D eigenvalue weighted by molar-refractivity contribution is 7.43. The molecule has 0 aliphatic rings. The van der Waals surface area contributed by atoms with Crippen LogP contribution in [0.4, 0.5) is 0 Å². The number of carbonyl (C=O) groups excluding carboxylic acids is 1. The van der Waals surface area contributed by atoms with Crippen LogP contribution < -0.4 is 15.1 Å². The molecule has 0 saturated carbocycles. The van der Waals surface area contributed by atoms with E-state index in [9.17, 15) is 19.1 Å². The van der Waals surface area contributed by atoms with Gasteiger partial charge in [-0.1, -0.05) is 19.6 Å².